The van der Waals surface area contributed by atoms with Crippen LogP contribution in [-0.4, -0.2) is 138 Å². The fraction of sp³-hybridized carbons (Fsp3) is 0.623. The summed E-state index contributed by atoms with van der Waals surface area (Å²) in [5.41, 5.74) is 1.11. The van der Waals surface area contributed by atoms with E-state index in [2.05, 4.69) is 39.3 Å². The third kappa shape index (κ3) is 20.7. The quantitative estimate of drug-likeness (QED) is 0.0300. The summed E-state index contributed by atoms with van der Waals surface area (Å²) < 4.78 is 72.5. The van der Waals surface area contributed by atoms with Gasteiger partial charge in [0.2, 0.25) is 0 Å². The zero-order valence-electron chi connectivity index (χ0n) is 45.8. The van der Waals surface area contributed by atoms with Crippen molar-refractivity contribution in [2.75, 3.05) is 61.8 Å². The first kappa shape index (κ1) is 61.7. The molecule has 0 spiro atoms. The minimum absolute atomic E-state index is 0.0329. The molecule has 2 aromatic carbocycles. The lowest BCUT2D eigenvalue weighted by Crippen LogP contribution is -2.32. The topological polar surface area (TPSA) is 188 Å². The molecule has 0 amide bonds. The Morgan fingerprint density at radius 2 is 1.03 bits per heavy atom. The van der Waals surface area contributed by atoms with Crippen LogP contribution in [0.3, 0.4) is 0 Å². The molecule has 0 aliphatic carbocycles. The molecule has 72 heavy (non-hydrogen) atoms. The van der Waals surface area contributed by atoms with Gasteiger partial charge >= 0.3 is 17.9 Å². The Hall–Kier alpha value is -4.61. The maximum atomic E-state index is 13.2. The first-order valence-corrected chi connectivity index (χ1v) is 31.7. The predicted molar refractivity (Wildman–Crippen MR) is 279 cm³/mol. The fourth-order valence-corrected chi connectivity index (χ4v) is 8.55. The second-order valence-corrected chi connectivity index (χ2v) is 33.0. The van der Waals surface area contributed by atoms with Gasteiger partial charge in [-0.3, -0.25) is 4.79 Å². The molecule has 2 heterocycles. The van der Waals surface area contributed by atoms with Gasteiger partial charge in [0.05, 0.1) is 45.1 Å². The second kappa shape index (κ2) is 27.6. The molecule has 2 saturated heterocycles. The fourth-order valence-electron chi connectivity index (χ4n) is 7.12. The normalized spacial score (nSPS) is 19.6. The van der Waals surface area contributed by atoms with Gasteiger partial charge in [-0.1, -0.05) is 63.6 Å². The van der Waals surface area contributed by atoms with E-state index in [0.717, 1.165) is 18.4 Å². The van der Waals surface area contributed by atoms with Crippen LogP contribution < -0.4 is 18.9 Å². The van der Waals surface area contributed by atoms with Crippen LogP contribution in [0, 0.1) is 5.41 Å². The molecule has 2 fully saturated rings. The summed E-state index contributed by atoms with van der Waals surface area (Å²) in [6.07, 6.45) is 7.06. The number of carbonyl (C=O) groups excluding carboxylic acids is 4. The van der Waals surface area contributed by atoms with E-state index >= 15 is 0 Å². The zero-order valence-corrected chi connectivity index (χ0v) is 47.8. The molecule has 0 bridgehead atoms. The summed E-state index contributed by atoms with van der Waals surface area (Å²) in [4.78, 5) is 49.9. The molecule has 17 nitrogen and oxygen atoms in total. The Morgan fingerprint density at radius 1 is 0.611 bits per heavy atom. The lowest BCUT2D eigenvalue weighted by atomic mass is 9.97. The molecule has 0 saturated carbocycles. The zero-order chi connectivity index (χ0) is 54.1. The van der Waals surface area contributed by atoms with Crippen molar-refractivity contribution in [2.24, 2.45) is 5.41 Å². The van der Waals surface area contributed by atoms with Crippen LogP contribution in [0.15, 0.2) is 36.4 Å². The van der Waals surface area contributed by atoms with Gasteiger partial charge in [-0.15, -0.1) is 0 Å². The molecule has 2 aliphatic heterocycles. The first-order valence-electron chi connectivity index (χ1n) is 24.2. The third-order valence-electron chi connectivity index (χ3n) is 10.9. The molecule has 0 unspecified atom stereocenters. The molecule has 0 radical (unpaired) electrons. The van der Waals surface area contributed by atoms with Crippen molar-refractivity contribution in [3.63, 3.8) is 0 Å². The number of benzene rings is 2. The molecular formula is C53H82O17Si2. The predicted octanol–water partition coefficient (Wildman–Crippen LogP) is 9.98. The van der Waals surface area contributed by atoms with E-state index in [0.29, 0.717) is 65.7 Å². The van der Waals surface area contributed by atoms with Crippen molar-refractivity contribution in [1.29, 1.82) is 0 Å². The number of ether oxygens (including phenoxy) is 13. The highest BCUT2D eigenvalue weighted by Crippen LogP contribution is 2.35. The Bertz CT molecular complexity index is 2150. The van der Waals surface area contributed by atoms with E-state index < -0.39 is 63.4 Å². The van der Waals surface area contributed by atoms with Crippen LogP contribution in [-0.2, 0) is 52.2 Å². The molecule has 2 aliphatic rings. The highest BCUT2D eigenvalue weighted by molar-refractivity contribution is 6.76. The average Bonchev–Trinajstić information content (AvgIpc) is 3.76. The largest absolute Gasteiger partial charge is 0.497 e. The molecule has 4 rings (SSSR count). The number of methoxy groups -OCH3 is 4. The van der Waals surface area contributed by atoms with Gasteiger partial charge in [-0.25, -0.2) is 9.59 Å². The van der Waals surface area contributed by atoms with Crippen LogP contribution in [0.1, 0.15) is 93.2 Å². The van der Waals surface area contributed by atoms with Crippen LogP contribution in [0.5, 0.6) is 23.0 Å². The summed E-state index contributed by atoms with van der Waals surface area (Å²) in [6, 6.07) is 8.47. The van der Waals surface area contributed by atoms with Crippen LogP contribution in [0.2, 0.25) is 51.4 Å². The maximum Gasteiger partial charge on any atom is 0.342 e. The van der Waals surface area contributed by atoms with Crippen molar-refractivity contribution in [3.05, 3.63) is 58.7 Å². The van der Waals surface area contributed by atoms with E-state index in [4.69, 9.17) is 61.6 Å². The molecular weight excluding hydrogens is 965 g/mol. The van der Waals surface area contributed by atoms with Gasteiger partial charge in [-0.05, 0) is 96.7 Å². The molecule has 19 heteroatoms. The molecule has 2 aromatic rings. The molecule has 4 atom stereocenters. The van der Waals surface area contributed by atoms with Crippen LogP contribution in [0.25, 0.3) is 12.2 Å². The third-order valence-corrected chi connectivity index (χ3v) is 14.3. The van der Waals surface area contributed by atoms with E-state index in [1.54, 1.807) is 72.1 Å². The smallest absolute Gasteiger partial charge is 0.342 e. The molecule has 0 aromatic heterocycles. The van der Waals surface area contributed by atoms with E-state index in [1.165, 1.54) is 21.3 Å². The summed E-state index contributed by atoms with van der Waals surface area (Å²) in [7, 11) is 3.34. The SMILES string of the molecule is COCOc1cc(OC)cc(/C=C/C[C@@H]2OC(C)(C)O[C@@H]2C=O)c1C(=O)OCC[Si](C)(C)C.COCOc1cc(OC)cc(/C=C/C[C@@H]2OC(C)(C)O[C@@H]2COC(=O)C(C)(C)C)c1C(=O)OCC[Si](C)(C)C. The highest BCUT2D eigenvalue weighted by Gasteiger charge is 2.42. The number of carbonyl (C=O) groups is 4. The van der Waals surface area contributed by atoms with Crippen LogP contribution >= 0.6 is 0 Å². The van der Waals surface area contributed by atoms with Crippen molar-refractivity contribution >= 4 is 52.5 Å². The average molecular weight is 1050 g/mol. The number of hydrogen-bond donors (Lipinski definition) is 0. The van der Waals surface area contributed by atoms with Crippen LogP contribution in [0.4, 0.5) is 0 Å². The minimum atomic E-state index is -1.39. The van der Waals surface area contributed by atoms with Gasteiger partial charge in [0, 0.05) is 42.5 Å². The standard InChI is InChI=1S/C29H46O9Si.C24H36O8Si/c1-28(2,3)27(31)35-18-24-22(37-29(4,5)38-24)13-11-12-20-16-21(33-7)17-23(36-19-32-6)25(20)26(30)34-14-15-39(8,9)10;1-24(2)31-19(21(15-25)32-24)10-8-9-17-13-18(28-4)14-20(30-16-27-3)22(17)23(26)29-11-12-33(5,6)7/h11-12,16-17,22,24H,13-15,18-19H2,1-10H3;8-9,13-15,19,21H,10-12,16H2,1-7H3/b12-11+;9-8+/t22-,24+;19-,21+/m00/s1. The maximum absolute atomic E-state index is 13.2. The summed E-state index contributed by atoms with van der Waals surface area (Å²) in [6.45, 7) is 26.6. The first-order chi connectivity index (χ1) is 33.6. The Kier molecular flexibility index (Phi) is 23.7. The summed E-state index contributed by atoms with van der Waals surface area (Å²) >= 11 is 0. The Morgan fingerprint density at radius 3 is 1.43 bits per heavy atom. The number of esters is 3. The summed E-state index contributed by atoms with van der Waals surface area (Å²) in [5, 5.41) is 0. The van der Waals surface area contributed by atoms with Gasteiger partial charge in [0.1, 0.15) is 52.9 Å². The molecule has 0 N–H and O–H groups in total. The Balaban J connectivity index is 0.000000386. The van der Waals surface area contributed by atoms with Crippen molar-refractivity contribution in [2.45, 2.75) is 149 Å². The number of hydrogen-bond acceptors (Lipinski definition) is 17. The van der Waals surface area contributed by atoms with Crippen molar-refractivity contribution < 1.29 is 80.8 Å². The Labute approximate surface area is 429 Å². The van der Waals surface area contributed by atoms with E-state index in [9.17, 15) is 19.2 Å². The monoisotopic (exact) mass is 1050 g/mol. The van der Waals surface area contributed by atoms with Crippen molar-refractivity contribution in [3.8, 4) is 23.0 Å². The van der Waals surface area contributed by atoms with Crippen molar-refractivity contribution in [1.82, 2.24) is 0 Å². The number of aldehydes is 1. The second-order valence-electron chi connectivity index (χ2n) is 21.8. The highest BCUT2D eigenvalue weighted by atomic mass is 28.3. The lowest BCUT2D eigenvalue weighted by molar-refractivity contribution is -0.165. The van der Waals surface area contributed by atoms with Gasteiger partial charge < -0.3 is 66.4 Å². The number of rotatable bonds is 25. The van der Waals surface area contributed by atoms with Gasteiger partial charge in [0.25, 0.3) is 0 Å². The minimum Gasteiger partial charge on any atom is -0.497 e. The van der Waals surface area contributed by atoms with E-state index in [-0.39, 0.29) is 37.8 Å². The van der Waals surface area contributed by atoms with Gasteiger partial charge in [-0.2, -0.15) is 0 Å². The molecule has 404 valence electrons. The summed E-state index contributed by atoms with van der Waals surface area (Å²) in [5.74, 6) is -1.25. The lowest BCUT2D eigenvalue weighted by Gasteiger charge is -2.20. The van der Waals surface area contributed by atoms with Gasteiger partial charge in [0.15, 0.2) is 31.4 Å². The van der Waals surface area contributed by atoms with E-state index in [1.807, 2.05) is 32.1 Å².